The Hall–Kier alpha value is -0.870. The lowest BCUT2D eigenvalue weighted by molar-refractivity contribution is 0.0662. The summed E-state index contributed by atoms with van der Waals surface area (Å²) in [5.41, 5.74) is 1.72. The molecule has 0 aromatic heterocycles. The van der Waals surface area contributed by atoms with E-state index < -0.39 is 0 Å². The average Bonchev–Trinajstić information content (AvgIpc) is 2.40. The lowest BCUT2D eigenvalue weighted by atomic mass is 9.86. The summed E-state index contributed by atoms with van der Waals surface area (Å²) in [7, 11) is 0. The molecule has 4 heteroatoms. The number of aryl methyl sites for hydroxylation is 1. The van der Waals surface area contributed by atoms with Gasteiger partial charge in [-0.1, -0.05) is 24.5 Å². The Morgan fingerprint density at radius 3 is 2.89 bits per heavy atom. The predicted molar refractivity (Wildman–Crippen MR) is 79.2 cm³/mol. The van der Waals surface area contributed by atoms with Gasteiger partial charge >= 0.3 is 0 Å². The van der Waals surface area contributed by atoms with Gasteiger partial charge in [0.05, 0.1) is 11.7 Å². The molecular weight excluding hydrogens is 306 g/mol. The first-order valence-electron chi connectivity index (χ1n) is 6.80. The number of aliphatic hydroxyl groups excluding tert-OH is 1. The van der Waals surface area contributed by atoms with Crippen LogP contribution in [0.1, 0.15) is 41.6 Å². The maximum atomic E-state index is 12.1. The Morgan fingerprint density at radius 2 is 2.16 bits per heavy atom. The average molecular weight is 326 g/mol. The van der Waals surface area contributed by atoms with Crippen molar-refractivity contribution in [3.8, 4) is 0 Å². The van der Waals surface area contributed by atoms with Crippen LogP contribution >= 0.6 is 15.9 Å². The molecule has 0 aliphatic heterocycles. The van der Waals surface area contributed by atoms with Gasteiger partial charge in [0.25, 0.3) is 5.91 Å². The van der Waals surface area contributed by atoms with Crippen molar-refractivity contribution in [2.24, 2.45) is 5.92 Å². The molecule has 1 amide bonds. The maximum Gasteiger partial charge on any atom is 0.252 e. The highest BCUT2D eigenvalue weighted by Gasteiger charge is 2.23. The quantitative estimate of drug-likeness (QED) is 0.897. The number of carbonyl (C=O) groups excluding carboxylic acids is 1. The SMILES string of the molecule is Cc1ccc(Br)c(C(=O)NCC2CCCCC2O)c1. The second-order valence-corrected chi connectivity index (χ2v) is 6.16. The van der Waals surface area contributed by atoms with Gasteiger partial charge in [0.15, 0.2) is 0 Å². The minimum absolute atomic E-state index is 0.0756. The largest absolute Gasteiger partial charge is 0.393 e. The summed E-state index contributed by atoms with van der Waals surface area (Å²) in [5.74, 6) is 0.120. The number of nitrogens with one attached hydrogen (secondary N) is 1. The molecule has 1 aromatic carbocycles. The number of hydrogen-bond acceptors (Lipinski definition) is 2. The van der Waals surface area contributed by atoms with E-state index in [9.17, 15) is 9.90 Å². The molecule has 2 N–H and O–H groups in total. The second-order valence-electron chi connectivity index (χ2n) is 5.31. The van der Waals surface area contributed by atoms with Crippen molar-refractivity contribution in [1.82, 2.24) is 5.32 Å². The lowest BCUT2D eigenvalue weighted by Gasteiger charge is -2.27. The van der Waals surface area contributed by atoms with Gasteiger partial charge in [-0.3, -0.25) is 4.79 Å². The fourth-order valence-electron chi connectivity index (χ4n) is 2.56. The molecule has 1 saturated carbocycles. The number of aliphatic hydroxyl groups is 1. The molecule has 3 nitrogen and oxygen atoms in total. The third-order valence-corrected chi connectivity index (χ3v) is 4.45. The first-order valence-corrected chi connectivity index (χ1v) is 7.59. The smallest absolute Gasteiger partial charge is 0.252 e. The Kier molecular flexibility index (Phi) is 4.99. The minimum Gasteiger partial charge on any atom is -0.393 e. The molecule has 0 radical (unpaired) electrons. The summed E-state index contributed by atoms with van der Waals surface area (Å²) in [4.78, 5) is 12.1. The molecule has 2 atom stereocenters. The van der Waals surface area contributed by atoms with Crippen molar-refractivity contribution in [2.75, 3.05) is 6.54 Å². The van der Waals surface area contributed by atoms with Gasteiger partial charge in [0.2, 0.25) is 0 Å². The molecule has 2 unspecified atom stereocenters. The molecule has 0 heterocycles. The third kappa shape index (κ3) is 3.80. The van der Waals surface area contributed by atoms with Crippen LogP contribution in [0, 0.1) is 12.8 Å². The van der Waals surface area contributed by atoms with Crippen LogP contribution in [0.3, 0.4) is 0 Å². The van der Waals surface area contributed by atoms with E-state index in [0.717, 1.165) is 35.7 Å². The monoisotopic (exact) mass is 325 g/mol. The highest BCUT2D eigenvalue weighted by molar-refractivity contribution is 9.10. The van der Waals surface area contributed by atoms with Crippen molar-refractivity contribution in [1.29, 1.82) is 0 Å². The summed E-state index contributed by atoms with van der Waals surface area (Å²) < 4.78 is 0.805. The lowest BCUT2D eigenvalue weighted by Crippen LogP contribution is -2.36. The fourth-order valence-corrected chi connectivity index (χ4v) is 2.99. The normalized spacial score (nSPS) is 23.1. The number of halogens is 1. The Balaban J connectivity index is 1.95. The number of benzene rings is 1. The topological polar surface area (TPSA) is 49.3 Å². The van der Waals surface area contributed by atoms with Gasteiger partial charge in [0.1, 0.15) is 0 Å². The molecule has 19 heavy (non-hydrogen) atoms. The zero-order valence-electron chi connectivity index (χ0n) is 11.2. The van der Waals surface area contributed by atoms with E-state index in [-0.39, 0.29) is 17.9 Å². The van der Waals surface area contributed by atoms with Crippen molar-refractivity contribution in [2.45, 2.75) is 38.7 Å². The summed E-state index contributed by atoms with van der Waals surface area (Å²) in [6.07, 6.45) is 3.82. The van der Waals surface area contributed by atoms with Gasteiger partial charge in [-0.2, -0.15) is 0 Å². The van der Waals surface area contributed by atoms with Gasteiger partial charge in [-0.25, -0.2) is 0 Å². The van der Waals surface area contributed by atoms with Crippen molar-refractivity contribution in [3.63, 3.8) is 0 Å². The molecule has 104 valence electrons. The van der Waals surface area contributed by atoms with Crippen LogP contribution in [-0.4, -0.2) is 23.7 Å². The maximum absolute atomic E-state index is 12.1. The number of amides is 1. The number of hydrogen-bond donors (Lipinski definition) is 2. The zero-order chi connectivity index (χ0) is 13.8. The zero-order valence-corrected chi connectivity index (χ0v) is 12.7. The minimum atomic E-state index is -0.269. The fraction of sp³-hybridized carbons (Fsp3) is 0.533. The van der Waals surface area contributed by atoms with E-state index in [4.69, 9.17) is 0 Å². The molecule has 1 aliphatic carbocycles. The molecule has 2 rings (SSSR count). The van der Waals surface area contributed by atoms with Gasteiger partial charge in [0, 0.05) is 16.9 Å². The standard InChI is InChI=1S/C15H20BrNO2/c1-10-6-7-13(16)12(8-10)15(19)17-9-11-4-2-3-5-14(11)18/h6-8,11,14,18H,2-5,9H2,1H3,(H,17,19). The van der Waals surface area contributed by atoms with E-state index >= 15 is 0 Å². The Morgan fingerprint density at radius 1 is 1.42 bits per heavy atom. The van der Waals surface area contributed by atoms with Crippen LogP contribution in [0.5, 0.6) is 0 Å². The second kappa shape index (κ2) is 6.53. The van der Waals surface area contributed by atoms with Crippen LogP contribution in [0.2, 0.25) is 0 Å². The van der Waals surface area contributed by atoms with Crippen molar-refractivity contribution in [3.05, 3.63) is 33.8 Å². The van der Waals surface area contributed by atoms with Gasteiger partial charge in [-0.05, 0) is 47.8 Å². The van der Waals surface area contributed by atoms with E-state index in [1.807, 2.05) is 25.1 Å². The number of carbonyl (C=O) groups is 1. The van der Waals surface area contributed by atoms with E-state index in [2.05, 4.69) is 21.2 Å². The first kappa shape index (κ1) is 14.5. The highest BCUT2D eigenvalue weighted by atomic mass is 79.9. The Bertz CT molecular complexity index is 461. The first-order chi connectivity index (χ1) is 9.08. The van der Waals surface area contributed by atoms with Gasteiger partial charge < -0.3 is 10.4 Å². The molecule has 1 aromatic rings. The molecule has 0 saturated heterocycles. The van der Waals surface area contributed by atoms with E-state index in [0.29, 0.717) is 12.1 Å². The van der Waals surface area contributed by atoms with Crippen LogP contribution in [0.25, 0.3) is 0 Å². The van der Waals surface area contributed by atoms with Crippen molar-refractivity contribution >= 4 is 21.8 Å². The molecule has 1 aliphatic rings. The summed E-state index contributed by atoms with van der Waals surface area (Å²) in [6, 6.07) is 5.72. The van der Waals surface area contributed by atoms with Crippen LogP contribution < -0.4 is 5.32 Å². The van der Waals surface area contributed by atoms with E-state index in [1.165, 1.54) is 0 Å². The van der Waals surface area contributed by atoms with Gasteiger partial charge in [-0.15, -0.1) is 0 Å². The number of rotatable bonds is 3. The predicted octanol–water partition coefficient (Wildman–Crippen LogP) is 3.04. The van der Waals surface area contributed by atoms with E-state index in [1.54, 1.807) is 0 Å². The highest BCUT2D eigenvalue weighted by Crippen LogP contribution is 2.24. The Labute approximate surface area is 122 Å². The molecular formula is C15H20BrNO2. The molecule has 1 fully saturated rings. The third-order valence-electron chi connectivity index (χ3n) is 3.76. The van der Waals surface area contributed by atoms with Crippen LogP contribution in [0.4, 0.5) is 0 Å². The van der Waals surface area contributed by atoms with Crippen LogP contribution in [0.15, 0.2) is 22.7 Å². The molecule has 0 spiro atoms. The summed E-state index contributed by atoms with van der Waals surface area (Å²) >= 11 is 3.40. The van der Waals surface area contributed by atoms with Crippen molar-refractivity contribution < 1.29 is 9.90 Å². The summed E-state index contributed by atoms with van der Waals surface area (Å²) in [5, 5.41) is 12.8. The molecule has 0 bridgehead atoms. The summed E-state index contributed by atoms with van der Waals surface area (Å²) in [6.45, 7) is 2.52. The van der Waals surface area contributed by atoms with Crippen LogP contribution in [-0.2, 0) is 0 Å².